The van der Waals surface area contributed by atoms with E-state index < -0.39 is 29.2 Å². The van der Waals surface area contributed by atoms with Crippen LogP contribution in [0.25, 0.3) is 16.9 Å². The third-order valence-corrected chi connectivity index (χ3v) is 7.02. The fraction of sp³-hybridized carbons (Fsp3) is 0.188. The van der Waals surface area contributed by atoms with E-state index >= 15 is 0 Å². The van der Waals surface area contributed by atoms with Crippen molar-refractivity contribution in [2.24, 2.45) is 0 Å². The molecular weight excluding hydrogens is 533 g/mol. The van der Waals surface area contributed by atoms with Crippen LogP contribution in [0.2, 0.25) is 0 Å². The summed E-state index contributed by atoms with van der Waals surface area (Å²) in [7, 11) is 1.52. The van der Waals surface area contributed by atoms with Gasteiger partial charge in [-0.3, -0.25) is 9.36 Å². The van der Waals surface area contributed by atoms with Crippen LogP contribution < -0.4 is 15.6 Å². The molecule has 210 valence electrons. The maximum atomic E-state index is 14.6. The van der Waals surface area contributed by atoms with Crippen LogP contribution in [0, 0.1) is 0 Å². The minimum atomic E-state index is -4.73. The molecule has 41 heavy (non-hydrogen) atoms. The van der Waals surface area contributed by atoms with Gasteiger partial charge in [-0.1, -0.05) is 48.5 Å². The van der Waals surface area contributed by atoms with Crippen LogP contribution in [0.4, 0.5) is 18.9 Å². The smallest absolute Gasteiger partial charge is 0.416 e. The fourth-order valence-corrected chi connectivity index (χ4v) is 5.24. The molecule has 4 aromatic rings. The van der Waals surface area contributed by atoms with E-state index in [1.807, 2.05) is 30.3 Å². The zero-order valence-electron chi connectivity index (χ0n) is 22.6. The summed E-state index contributed by atoms with van der Waals surface area (Å²) in [6.45, 7) is 3.22. The average molecular weight is 561 g/mol. The summed E-state index contributed by atoms with van der Waals surface area (Å²) < 4.78 is 54.9. The molecule has 1 aromatic heterocycles. The molecule has 0 aliphatic carbocycles. The second-order valence-electron chi connectivity index (χ2n) is 9.46. The van der Waals surface area contributed by atoms with Gasteiger partial charge in [0, 0.05) is 11.4 Å². The molecule has 0 bridgehead atoms. The van der Waals surface area contributed by atoms with E-state index in [1.165, 1.54) is 29.9 Å². The van der Waals surface area contributed by atoms with Gasteiger partial charge in [-0.05, 0) is 61.4 Å². The van der Waals surface area contributed by atoms with Crippen molar-refractivity contribution in [1.82, 2.24) is 4.57 Å². The molecule has 0 spiro atoms. The van der Waals surface area contributed by atoms with E-state index in [1.54, 1.807) is 44.2 Å². The highest BCUT2D eigenvalue weighted by Gasteiger charge is 2.42. The Bertz CT molecular complexity index is 1690. The van der Waals surface area contributed by atoms with Gasteiger partial charge in [0.15, 0.2) is 0 Å². The quantitative estimate of drug-likeness (QED) is 0.259. The topological polar surface area (TPSA) is 69.6 Å². The number of nitrogens with one attached hydrogen (secondary N) is 1. The van der Waals surface area contributed by atoms with Crippen LogP contribution in [0.15, 0.2) is 101 Å². The first kappa shape index (κ1) is 27.8. The molecule has 9 heteroatoms. The number of hydrogen-bond acceptors (Lipinski definition) is 5. The summed E-state index contributed by atoms with van der Waals surface area (Å²) in [6.07, 6.45) is -4.73. The zero-order valence-corrected chi connectivity index (χ0v) is 22.6. The van der Waals surface area contributed by atoms with Gasteiger partial charge >= 0.3 is 12.1 Å². The molecular formula is C32H27F3N2O4. The molecule has 3 aromatic carbocycles. The highest BCUT2D eigenvalue weighted by Crippen LogP contribution is 2.46. The molecule has 0 radical (unpaired) electrons. The number of carbonyl (C=O) groups is 1. The van der Waals surface area contributed by atoms with Crippen molar-refractivity contribution in [3.63, 3.8) is 0 Å². The molecule has 5 rings (SSSR count). The van der Waals surface area contributed by atoms with Gasteiger partial charge in [0.25, 0.3) is 5.56 Å². The van der Waals surface area contributed by atoms with Crippen LogP contribution in [-0.4, -0.2) is 24.3 Å². The number of benzene rings is 3. The third-order valence-electron chi connectivity index (χ3n) is 7.02. The molecule has 0 saturated heterocycles. The first-order valence-corrected chi connectivity index (χ1v) is 13.0. The SMILES string of the molecule is CCOC(=O)C1=C(C)Nc2cc(-c3ccccc3)n(-c3ccc(OC)cc3)c(=O)c2C1c1ccccc1C(F)(F)F. The van der Waals surface area contributed by atoms with Crippen molar-refractivity contribution < 1.29 is 27.4 Å². The van der Waals surface area contributed by atoms with E-state index in [9.17, 15) is 22.8 Å². The van der Waals surface area contributed by atoms with Crippen LogP contribution in [0.3, 0.4) is 0 Å². The summed E-state index contributed by atoms with van der Waals surface area (Å²) in [5.74, 6) is -1.57. The van der Waals surface area contributed by atoms with Gasteiger partial charge < -0.3 is 14.8 Å². The van der Waals surface area contributed by atoms with Crippen LogP contribution in [-0.2, 0) is 15.7 Å². The number of hydrogen-bond donors (Lipinski definition) is 1. The van der Waals surface area contributed by atoms with Gasteiger partial charge in [-0.25, -0.2) is 4.79 Å². The predicted octanol–water partition coefficient (Wildman–Crippen LogP) is 6.93. The predicted molar refractivity (Wildman–Crippen MR) is 150 cm³/mol. The Kier molecular flexibility index (Phi) is 7.45. The number of fused-ring (bicyclic) bond motifs is 1. The summed E-state index contributed by atoms with van der Waals surface area (Å²) in [6, 6.07) is 22.7. The number of esters is 1. The van der Waals surface area contributed by atoms with Crippen LogP contribution in [0.1, 0.15) is 36.5 Å². The summed E-state index contributed by atoms with van der Waals surface area (Å²) in [5, 5.41) is 3.12. The molecule has 0 amide bonds. The number of rotatable bonds is 6. The standard InChI is InChI=1S/C32H27F3N2O4/c1-4-41-31(39)27-19(2)36-25-18-26(20-10-6-5-7-11-20)37(21-14-16-22(40-3)17-15-21)30(38)29(25)28(27)23-12-8-9-13-24(23)32(33,34)35/h5-18,28,36H,4H2,1-3H3. The number of allylic oxidation sites excluding steroid dienone is 1. The first-order valence-electron chi connectivity index (χ1n) is 13.0. The number of nitrogens with zero attached hydrogens (tertiary/aromatic N) is 1. The lowest BCUT2D eigenvalue weighted by Crippen LogP contribution is -2.34. The Balaban J connectivity index is 1.88. The van der Waals surface area contributed by atoms with Gasteiger partial charge in [0.1, 0.15) is 5.75 Å². The van der Waals surface area contributed by atoms with Crippen molar-refractivity contribution in [1.29, 1.82) is 0 Å². The summed E-state index contributed by atoms with van der Waals surface area (Å²) >= 11 is 0. The maximum absolute atomic E-state index is 14.6. The van der Waals surface area contributed by atoms with Gasteiger partial charge in [0.05, 0.1) is 47.7 Å². The summed E-state index contributed by atoms with van der Waals surface area (Å²) in [4.78, 5) is 27.8. The van der Waals surface area contributed by atoms with Crippen molar-refractivity contribution >= 4 is 11.7 Å². The number of anilines is 1. The van der Waals surface area contributed by atoms with Crippen molar-refractivity contribution in [3.8, 4) is 22.7 Å². The second kappa shape index (κ2) is 11.0. The largest absolute Gasteiger partial charge is 0.497 e. The molecule has 0 saturated carbocycles. The number of aromatic nitrogens is 1. The Morgan fingerprint density at radius 2 is 1.63 bits per heavy atom. The minimum absolute atomic E-state index is 0.00542. The molecule has 1 aliphatic rings. The Morgan fingerprint density at radius 1 is 0.976 bits per heavy atom. The molecule has 6 nitrogen and oxygen atoms in total. The fourth-order valence-electron chi connectivity index (χ4n) is 5.24. The minimum Gasteiger partial charge on any atom is -0.497 e. The Labute approximate surface area is 234 Å². The van der Waals surface area contributed by atoms with Crippen molar-refractivity contribution in [2.75, 3.05) is 19.0 Å². The molecule has 1 N–H and O–H groups in total. The van der Waals surface area contributed by atoms with Gasteiger partial charge in [-0.2, -0.15) is 13.2 Å². The van der Waals surface area contributed by atoms with E-state index in [0.717, 1.165) is 11.6 Å². The number of alkyl halides is 3. The Hall–Kier alpha value is -4.79. The lowest BCUT2D eigenvalue weighted by Gasteiger charge is -2.32. The number of halogens is 3. The highest BCUT2D eigenvalue weighted by molar-refractivity contribution is 5.95. The number of methoxy groups -OCH3 is 1. The molecule has 1 atom stereocenters. The monoisotopic (exact) mass is 560 g/mol. The van der Waals surface area contributed by atoms with E-state index in [-0.39, 0.29) is 23.3 Å². The van der Waals surface area contributed by atoms with Gasteiger partial charge in [-0.15, -0.1) is 0 Å². The van der Waals surface area contributed by atoms with Crippen LogP contribution in [0.5, 0.6) is 5.75 Å². The van der Waals surface area contributed by atoms with Crippen molar-refractivity contribution in [3.05, 3.63) is 123 Å². The van der Waals surface area contributed by atoms with Gasteiger partial charge in [0.2, 0.25) is 0 Å². The molecule has 2 heterocycles. The average Bonchev–Trinajstić information content (AvgIpc) is 2.96. The lowest BCUT2D eigenvalue weighted by molar-refractivity contribution is -0.140. The van der Waals surface area contributed by atoms with E-state index in [0.29, 0.717) is 28.5 Å². The second-order valence-corrected chi connectivity index (χ2v) is 9.46. The first-order chi connectivity index (χ1) is 19.7. The maximum Gasteiger partial charge on any atom is 0.416 e. The lowest BCUT2D eigenvalue weighted by atomic mass is 9.79. The number of pyridine rings is 1. The third kappa shape index (κ3) is 5.11. The number of ether oxygens (including phenoxy) is 2. The van der Waals surface area contributed by atoms with E-state index in [2.05, 4.69) is 5.32 Å². The zero-order chi connectivity index (χ0) is 29.3. The molecule has 0 fully saturated rings. The van der Waals surface area contributed by atoms with E-state index in [4.69, 9.17) is 9.47 Å². The number of carbonyl (C=O) groups excluding carboxylic acids is 1. The Morgan fingerprint density at radius 3 is 2.27 bits per heavy atom. The normalized spacial score (nSPS) is 14.7. The highest BCUT2D eigenvalue weighted by atomic mass is 19.4. The van der Waals surface area contributed by atoms with Crippen LogP contribution >= 0.6 is 0 Å². The van der Waals surface area contributed by atoms with Crippen molar-refractivity contribution in [2.45, 2.75) is 25.9 Å². The molecule has 1 aliphatic heterocycles. The summed E-state index contributed by atoms with van der Waals surface area (Å²) in [5.41, 5.74) is 0.556. The molecule has 1 unspecified atom stereocenters.